The number of hydrogen-bond donors (Lipinski definition) is 0. The van der Waals surface area contributed by atoms with Crippen LogP contribution in [-0.2, 0) is 16.0 Å². The Morgan fingerprint density at radius 2 is 1.97 bits per heavy atom. The minimum Gasteiger partial charge on any atom is -0.385 e. The molecule has 1 aromatic carbocycles. The van der Waals surface area contributed by atoms with Gasteiger partial charge >= 0.3 is 6.03 Å². The minimum absolute atomic E-state index is 0.0247. The molecule has 1 unspecified atom stereocenters. The van der Waals surface area contributed by atoms with Crippen LogP contribution in [0.25, 0.3) is 0 Å². The zero-order valence-corrected chi connectivity index (χ0v) is 18.2. The van der Waals surface area contributed by atoms with E-state index in [9.17, 15) is 9.59 Å². The second-order valence-corrected chi connectivity index (χ2v) is 8.40. The van der Waals surface area contributed by atoms with Crippen LogP contribution in [0.3, 0.4) is 0 Å². The highest BCUT2D eigenvalue weighted by molar-refractivity contribution is 7.10. The zero-order valence-electron chi connectivity index (χ0n) is 17.3. The highest BCUT2D eigenvalue weighted by Crippen LogP contribution is 2.37. The molecule has 3 amide bonds. The Kier molecular flexibility index (Phi) is 7.28. The largest absolute Gasteiger partial charge is 0.385 e. The predicted molar refractivity (Wildman–Crippen MR) is 115 cm³/mol. The van der Waals surface area contributed by atoms with Crippen molar-refractivity contribution in [2.75, 3.05) is 47.4 Å². The molecule has 3 rings (SSSR count). The van der Waals surface area contributed by atoms with E-state index in [1.807, 2.05) is 23.1 Å². The van der Waals surface area contributed by atoms with E-state index in [1.165, 1.54) is 15.3 Å². The van der Waals surface area contributed by atoms with E-state index in [-0.39, 0.29) is 24.5 Å². The zero-order chi connectivity index (χ0) is 20.8. The number of carbonyl (C=O) groups excluding carboxylic acids is 2. The first-order valence-corrected chi connectivity index (χ1v) is 10.8. The summed E-state index contributed by atoms with van der Waals surface area (Å²) in [6.07, 6.45) is 1.55. The molecule has 0 radical (unpaired) electrons. The average molecular weight is 416 g/mol. The van der Waals surface area contributed by atoms with E-state index < -0.39 is 0 Å². The fraction of sp³-hybridized carbons (Fsp3) is 0.455. The van der Waals surface area contributed by atoms with E-state index in [0.717, 1.165) is 12.0 Å². The van der Waals surface area contributed by atoms with Gasteiger partial charge in [0.15, 0.2) is 0 Å². The van der Waals surface area contributed by atoms with Gasteiger partial charge in [0, 0.05) is 45.8 Å². The first kappa shape index (κ1) is 21.3. The van der Waals surface area contributed by atoms with Crippen LogP contribution in [0.4, 0.5) is 4.79 Å². The van der Waals surface area contributed by atoms with Gasteiger partial charge in [0.1, 0.15) is 6.54 Å². The van der Waals surface area contributed by atoms with Crippen LogP contribution in [0.1, 0.15) is 28.5 Å². The van der Waals surface area contributed by atoms with Gasteiger partial charge in [-0.1, -0.05) is 30.3 Å². The lowest BCUT2D eigenvalue weighted by Crippen LogP contribution is -2.49. The number of amides is 3. The van der Waals surface area contributed by atoms with Crippen LogP contribution in [0, 0.1) is 0 Å². The third kappa shape index (κ3) is 4.97. The van der Waals surface area contributed by atoms with E-state index >= 15 is 0 Å². The maximum absolute atomic E-state index is 13.4. The van der Waals surface area contributed by atoms with Crippen LogP contribution < -0.4 is 0 Å². The maximum Gasteiger partial charge on any atom is 0.319 e. The number of rotatable bonds is 7. The summed E-state index contributed by atoms with van der Waals surface area (Å²) in [7, 11) is 5.06. The second-order valence-electron chi connectivity index (χ2n) is 7.39. The predicted octanol–water partition coefficient (Wildman–Crippen LogP) is 3.24. The molecule has 1 aromatic heterocycles. The molecule has 6 nitrogen and oxygen atoms in total. The highest BCUT2D eigenvalue weighted by atomic mass is 32.1. The fourth-order valence-corrected chi connectivity index (χ4v) is 4.66. The van der Waals surface area contributed by atoms with Crippen molar-refractivity contribution in [1.82, 2.24) is 14.7 Å². The average Bonchev–Trinajstić information content (AvgIpc) is 3.21. The van der Waals surface area contributed by atoms with Gasteiger partial charge in [-0.15, -0.1) is 11.3 Å². The number of benzene rings is 1. The number of carbonyl (C=O) groups is 2. The Hall–Kier alpha value is -2.38. The summed E-state index contributed by atoms with van der Waals surface area (Å²) in [4.78, 5) is 32.4. The Balaban J connectivity index is 1.82. The van der Waals surface area contributed by atoms with Gasteiger partial charge in [0.05, 0.1) is 6.04 Å². The number of hydrogen-bond acceptors (Lipinski definition) is 4. The Morgan fingerprint density at radius 1 is 1.21 bits per heavy atom. The van der Waals surface area contributed by atoms with Gasteiger partial charge < -0.3 is 19.4 Å². The molecule has 7 heteroatoms. The van der Waals surface area contributed by atoms with Gasteiger partial charge in [0.2, 0.25) is 5.91 Å². The van der Waals surface area contributed by atoms with Crippen LogP contribution >= 0.6 is 11.3 Å². The smallest absolute Gasteiger partial charge is 0.319 e. The first-order chi connectivity index (χ1) is 14.0. The lowest BCUT2D eigenvalue weighted by molar-refractivity contribution is -0.134. The van der Waals surface area contributed by atoms with Crippen LogP contribution in [0.5, 0.6) is 0 Å². The number of thiophene rings is 1. The quantitative estimate of drug-likeness (QED) is 0.653. The summed E-state index contributed by atoms with van der Waals surface area (Å²) in [5, 5.41) is 2.10. The molecular weight excluding hydrogens is 386 g/mol. The molecule has 2 heterocycles. The number of ether oxygens (including phenoxy) is 1. The van der Waals surface area contributed by atoms with Crippen LogP contribution in [0.2, 0.25) is 0 Å². The monoisotopic (exact) mass is 415 g/mol. The molecule has 0 saturated heterocycles. The lowest BCUT2D eigenvalue weighted by Gasteiger charge is -2.38. The number of nitrogens with zero attached hydrogens (tertiary/aromatic N) is 3. The topological polar surface area (TPSA) is 53.1 Å². The van der Waals surface area contributed by atoms with E-state index in [2.05, 4.69) is 23.6 Å². The van der Waals surface area contributed by atoms with Gasteiger partial charge in [-0.2, -0.15) is 0 Å². The Labute approximate surface area is 176 Å². The normalized spacial score (nSPS) is 15.7. The summed E-state index contributed by atoms with van der Waals surface area (Å²) >= 11 is 1.75. The van der Waals surface area contributed by atoms with E-state index in [0.29, 0.717) is 26.1 Å². The Morgan fingerprint density at radius 3 is 2.66 bits per heavy atom. The van der Waals surface area contributed by atoms with Gasteiger partial charge in [0.25, 0.3) is 0 Å². The van der Waals surface area contributed by atoms with Crippen molar-refractivity contribution in [2.24, 2.45) is 0 Å². The second kappa shape index (κ2) is 9.89. The molecule has 0 bridgehead atoms. The minimum atomic E-state index is -0.154. The SMILES string of the molecule is COCCCN(CC(=O)N1CCc2sccc2C1c1ccccc1)C(=O)N(C)C. The molecule has 29 heavy (non-hydrogen) atoms. The van der Waals surface area contributed by atoms with Crippen molar-refractivity contribution in [3.05, 3.63) is 57.8 Å². The first-order valence-electron chi connectivity index (χ1n) is 9.88. The van der Waals surface area contributed by atoms with E-state index in [1.54, 1.807) is 37.4 Å². The summed E-state index contributed by atoms with van der Waals surface area (Å²) < 4.78 is 5.11. The standard InChI is InChI=1S/C22H29N3O3S/c1-23(2)22(27)24(12-7-14-28-3)16-20(26)25-13-10-19-18(11-15-29-19)21(25)17-8-5-4-6-9-17/h4-6,8-9,11,15,21H,7,10,12-14,16H2,1-3H3. The molecule has 1 atom stereocenters. The molecule has 0 saturated carbocycles. The summed E-state index contributed by atoms with van der Waals surface area (Å²) in [5.41, 5.74) is 2.30. The molecular formula is C22H29N3O3S. The molecule has 156 valence electrons. The third-order valence-corrected chi connectivity index (χ3v) is 6.15. The number of fused-ring (bicyclic) bond motifs is 1. The molecule has 1 aliphatic rings. The fourth-order valence-electron chi connectivity index (χ4n) is 3.76. The van der Waals surface area contributed by atoms with Gasteiger partial charge in [-0.05, 0) is 35.4 Å². The van der Waals surface area contributed by atoms with Crippen molar-refractivity contribution in [2.45, 2.75) is 18.9 Å². The molecule has 0 N–H and O–H groups in total. The molecule has 2 aromatic rings. The summed E-state index contributed by atoms with van der Waals surface area (Å²) in [5.74, 6) is -0.0247. The van der Waals surface area contributed by atoms with Crippen molar-refractivity contribution in [3.63, 3.8) is 0 Å². The van der Waals surface area contributed by atoms with Crippen molar-refractivity contribution in [3.8, 4) is 0 Å². The number of methoxy groups -OCH3 is 1. The summed E-state index contributed by atoms with van der Waals surface area (Å²) in [6, 6.07) is 12.0. The molecule has 0 fully saturated rings. The van der Waals surface area contributed by atoms with Crippen LogP contribution in [0.15, 0.2) is 41.8 Å². The maximum atomic E-state index is 13.4. The number of urea groups is 1. The molecule has 0 spiro atoms. The van der Waals surface area contributed by atoms with Gasteiger partial charge in [-0.25, -0.2) is 4.79 Å². The van der Waals surface area contributed by atoms with E-state index in [4.69, 9.17) is 4.74 Å². The van der Waals surface area contributed by atoms with Crippen molar-refractivity contribution >= 4 is 23.3 Å². The molecule has 1 aliphatic heterocycles. The lowest BCUT2D eigenvalue weighted by atomic mass is 9.93. The molecule has 0 aliphatic carbocycles. The third-order valence-electron chi connectivity index (χ3n) is 5.16. The highest BCUT2D eigenvalue weighted by Gasteiger charge is 2.34. The van der Waals surface area contributed by atoms with Crippen LogP contribution in [-0.4, -0.2) is 74.1 Å². The van der Waals surface area contributed by atoms with Crippen molar-refractivity contribution in [1.29, 1.82) is 0 Å². The van der Waals surface area contributed by atoms with Crippen molar-refractivity contribution < 1.29 is 14.3 Å². The van der Waals surface area contributed by atoms with Gasteiger partial charge in [-0.3, -0.25) is 4.79 Å². The summed E-state index contributed by atoms with van der Waals surface area (Å²) in [6.45, 7) is 1.78. The Bertz CT molecular complexity index is 822.